The fourth-order valence-corrected chi connectivity index (χ4v) is 2.35. The molecule has 1 aromatic rings. The molecule has 0 aliphatic carbocycles. The van der Waals surface area contributed by atoms with Gasteiger partial charge >= 0.3 is 7.12 Å². The second kappa shape index (κ2) is 6.26. The minimum Gasteiger partial charge on any atom is -0.481 e. The molecule has 1 rings (SSSR count). The summed E-state index contributed by atoms with van der Waals surface area (Å²) in [6.07, 6.45) is 0. The lowest BCUT2D eigenvalue weighted by Crippen LogP contribution is -2.42. The largest absolute Gasteiger partial charge is 0.490 e. The lowest BCUT2D eigenvalue weighted by atomic mass is 9.79. The molecule has 0 saturated carbocycles. The summed E-state index contributed by atoms with van der Waals surface area (Å²) < 4.78 is 11.1. The van der Waals surface area contributed by atoms with E-state index in [1.165, 1.54) is 7.11 Å². The molecule has 0 aromatic carbocycles. The minimum atomic E-state index is -1.92. The zero-order valence-corrected chi connectivity index (χ0v) is 14.1. The first-order valence-corrected chi connectivity index (χ1v) is 9.53. The first-order valence-electron chi connectivity index (χ1n) is 6.62. The Morgan fingerprint density at radius 3 is 2.30 bits per heavy atom. The molecular formula is C13H24BNO4Si. The highest BCUT2D eigenvalue weighted by atomic mass is 28.4. The summed E-state index contributed by atoms with van der Waals surface area (Å²) in [7, 11) is -1.96. The summed E-state index contributed by atoms with van der Waals surface area (Å²) in [5.41, 5.74) is 0.855. The third-order valence-corrected chi connectivity index (χ3v) is 8.33. The van der Waals surface area contributed by atoms with Gasteiger partial charge in [0.25, 0.3) is 0 Å². The summed E-state index contributed by atoms with van der Waals surface area (Å²) in [5.74, 6) is 0.434. The van der Waals surface area contributed by atoms with Crippen molar-refractivity contribution < 1.29 is 19.2 Å². The van der Waals surface area contributed by atoms with Gasteiger partial charge < -0.3 is 19.2 Å². The molecule has 1 heterocycles. The first kappa shape index (κ1) is 17.2. The molecule has 0 aliphatic rings. The van der Waals surface area contributed by atoms with Crippen LogP contribution in [0.3, 0.4) is 0 Å². The molecule has 0 bridgehead atoms. The van der Waals surface area contributed by atoms with Gasteiger partial charge in [0.05, 0.1) is 19.4 Å². The van der Waals surface area contributed by atoms with Crippen LogP contribution in [0.25, 0.3) is 0 Å². The van der Waals surface area contributed by atoms with E-state index in [1.807, 2.05) is 0 Å². The van der Waals surface area contributed by atoms with Crippen LogP contribution < -0.4 is 10.2 Å². The van der Waals surface area contributed by atoms with Crippen molar-refractivity contribution in [2.24, 2.45) is 0 Å². The zero-order valence-electron chi connectivity index (χ0n) is 13.1. The third kappa shape index (κ3) is 4.05. The molecule has 0 fully saturated rings. The van der Waals surface area contributed by atoms with Crippen molar-refractivity contribution in [2.75, 3.05) is 7.11 Å². The summed E-state index contributed by atoms with van der Waals surface area (Å²) in [6, 6.07) is 3.20. The second-order valence-corrected chi connectivity index (χ2v) is 11.1. The summed E-state index contributed by atoms with van der Waals surface area (Å²) in [6.45, 7) is 11.0. The van der Waals surface area contributed by atoms with Gasteiger partial charge in [-0.2, -0.15) is 0 Å². The monoisotopic (exact) mass is 297 g/mol. The number of pyridine rings is 1. The molecule has 20 heavy (non-hydrogen) atoms. The smallest absolute Gasteiger partial charge is 0.481 e. The minimum absolute atomic E-state index is 0.0872. The number of methoxy groups -OCH3 is 1. The van der Waals surface area contributed by atoms with Gasteiger partial charge in [0, 0.05) is 5.46 Å². The SMILES string of the molecule is COc1ccc(B(O)O)c(CO[Si](C)(C)C(C)(C)C)n1. The van der Waals surface area contributed by atoms with E-state index in [2.05, 4.69) is 38.8 Å². The van der Waals surface area contributed by atoms with Gasteiger partial charge in [-0.15, -0.1) is 0 Å². The first-order chi connectivity index (χ1) is 9.08. The number of nitrogens with zero attached hydrogens (tertiary/aromatic N) is 1. The molecule has 0 atom stereocenters. The van der Waals surface area contributed by atoms with Gasteiger partial charge in [0.15, 0.2) is 8.32 Å². The van der Waals surface area contributed by atoms with Gasteiger partial charge in [-0.1, -0.05) is 26.8 Å². The molecule has 0 spiro atoms. The van der Waals surface area contributed by atoms with E-state index in [9.17, 15) is 10.0 Å². The average Bonchev–Trinajstić information content (AvgIpc) is 2.34. The van der Waals surface area contributed by atoms with E-state index in [0.717, 1.165) is 0 Å². The average molecular weight is 297 g/mol. The Balaban J connectivity index is 2.96. The van der Waals surface area contributed by atoms with E-state index in [0.29, 0.717) is 17.0 Å². The van der Waals surface area contributed by atoms with E-state index >= 15 is 0 Å². The van der Waals surface area contributed by atoms with Gasteiger partial charge in [-0.3, -0.25) is 0 Å². The van der Waals surface area contributed by atoms with E-state index < -0.39 is 15.4 Å². The van der Waals surface area contributed by atoms with Crippen molar-refractivity contribution in [3.63, 3.8) is 0 Å². The van der Waals surface area contributed by atoms with Gasteiger partial charge in [-0.05, 0) is 24.2 Å². The van der Waals surface area contributed by atoms with Crippen molar-refractivity contribution in [2.45, 2.75) is 45.5 Å². The van der Waals surface area contributed by atoms with Crippen molar-refractivity contribution in [3.05, 3.63) is 17.8 Å². The maximum atomic E-state index is 9.39. The number of rotatable bonds is 5. The molecule has 112 valence electrons. The van der Waals surface area contributed by atoms with Crippen LogP contribution in [-0.4, -0.2) is 37.6 Å². The number of hydrogen-bond acceptors (Lipinski definition) is 5. The predicted molar refractivity (Wildman–Crippen MR) is 82.6 cm³/mol. The highest BCUT2D eigenvalue weighted by Gasteiger charge is 2.37. The van der Waals surface area contributed by atoms with Crippen LogP contribution in [0, 0.1) is 0 Å². The lowest BCUT2D eigenvalue weighted by molar-refractivity contribution is 0.270. The second-order valence-electron chi connectivity index (χ2n) is 6.31. The predicted octanol–water partition coefficient (Wildman–Crippen LogP) is 1.29. The van der Waals surface area contributed by atoms with Gasteiger partial charge in [0.1, 0.15) is 0 Å². The Morgan fingerprint density at radius 2 is 1.85 bits per heavy atom. The Hall–Kier alpha value is -0.888. The zero-order chi connectivity index (χ0) is 15.6. The van der Waals surface area contributed by atoms with Crippen molar-refractivity contribution in [3.8, 4) is 5.88 Å². The molecule has 0 amide bonds. The summed E-state index contributed by atoms with van der Waals surface area (Å²) in [5, 5.41) is 18.9. The van der Waals surface area contributed by atoms with Crippen LogP contribution in [0.2, 0.25) is 18.1 Å². The molecule has 1 aromatic heterocycles. The maximum Gasteiger partial charge on any atom is 0.490 e. The quantitative estimate of drug-likeness (QED) is 0.801. The normalized spacial score (nSPS) is 12.4. The van der Waals surface area contributed by atoms with Crippen LogP contribution in [0.15, 0.2) is 12.1 Å². The van der Waals surface area contributed by atoms with Crippen LogP contribution >= 0.6 is 0 Å². The van der Waals surface area contributed by atoms with E-state index in [-0.39, 0.29) is 11.6 Å². The number of ether oxygens (including phenoxy) is 1. The maximum absolute atomic E-state index is 9.39. The van der Waals surface area contributed by atoms with Crippen molar-refractivity contribution in [1.29, 1.82) is 0 Å². The highest BCUT2D eigenvalue weighted by Crippen LogP contribution is 2.36. The van der Waals surface area contributed by atoms with E-state index in [1.54, 1.807) is 12.1 Å². The fourth-order valence-electron chi connectivity index (χ4n) is 1.42. The molecule has 0 radical (unpaired) electrons. The summed E-state index contributed by atoms with van der Waals surface area (Å²) >= 11 is 0. The molecule has 0 saturated heterocycles. The van der Waals surface area contributed by atoms with E-state index in [4.69, 9.17) is 9.16 Å². The molecule has 2 N–H and O–H groups in total. The Labute approximate surface area is 122 Å². The standard InChI is InChI=1S/C13H24BNO4Si/c1-13(2,3)20(5,6)19-9-11-10(14(16)17)7-8-12(15-11)18-4/h7-8,16-17H,9H2,1-6H3. The highest BCUT2D eigenvalue weighted by molar-refractivity contribution is 6.74. The summed E-state index contributed by atoms with van der Waals surface area (Å²) in [4.78, 5) is 4.25. The molecule has 0 aliphatic heterocycles. The van der Waals surface area contributed by atoms with Crippen LogP contribution in [0.5, 0.6) is 5.88 Å². The van der Waals surface area contributed by atoms with Gasteiger partial charge in [-0.25, -0.2) is 4.98 Å². The molecule has 5 nitrogen and oxygen atoms in total. The van der Waals surface area contributed by atoms with Crippen LogP contribution in [0.4, 0.5) is 0 Å². The van der Waals surface area contributed by atoms with Crippen molar-refractivity contribution in [1.82, 2.24) is 4.98 Å². The third-order valence-electron chi connectivity index (χ3n) is 3.85. The molecular weight excluding hydrogens is 273 g/mol. The molecule has 7 heteroatoms. The topological polar surface area (TPSA) is 71.8 Å². The van der Waals surface area contributed by atoms with Crippen molar-refractivity contribution >= 4 is 20.9 Å². The number of aromatic nitrogens is 1. The Morgan fingerprint density at radius 1 is 1.25 bits per heavy atom. The lowest BCUT2D eigenvalue weighted by Gasteiger charge is -2.36. The Kier molecular flexibility index (Phi) is 5.37. The van der Waals surface area contributed by atoms with Crippen LogP contribution in [0.1, 0.15) is 26.5 Å². The number of hydrogen-bond donors (Lipinski definition) is 2. The van der Waals surface area contributed by atoms with Gasteiger partial charge in [0.2, 0.25) is 5.88 Å². The van der Waals surface area contributed by atoms with Crippen LogP contribution in [-0.2, 0) is 11.0 Å². The molecule has 0 unspecified atom stereocenters. The Bertz CT molecular complexity index is 460. The fraction of sp³-hybridized carbons (Fsp3) is 0.615.